The molecule has 0 unspecified atom stereocenters. The fourth-order valence-electron chi connectivity index (χ4n) is 2.12. The van der Waals surface area contributed by atoms with Crippen molar-refractivity contribution in [2.24, 2.45) is 0 Å². The van der Waals surface area contributed by atoms with Gasteiger partial charge in [0.25, 0.3) is 0 Å². The third kappa shape index (κ3) is 1.99. The lowest BCUT2D eigenvalue weighted by Crippen LogP contribution is -2.00. The van der Waals surface area contributed by atoms with Crippen molar-refractivity contribution in [1.29, 1.82) is 0 Å². The number of hydrogen-bond donors (Lipinski definition) is 1. The molecule has 0 spiro atoms. The van der Waals surface area contributed by atoms with Crippen LogP contribution < -0.4 is 4.74 Å². The first kappa shape index (κ1) is 12.2. The number of methoxy groups -OCH3 is 1. The predicted molar refractivity (Wildman–Crippen MR) is 74.1 cm³/mol. The number of ether oxygens (including phenoxy) is 1. The molecular formula is C15H12N2O3. The highest BCUT2D eigenvalue weighted by molar-refractivity contribution is 5.87. The average Bonchev–Trinajstić information content (AvgIpc) is 2.91. The van der Waals surface area contributed by atoms with Gasteiger partial charge in [-0.25, -0.2) is 9.31 Å². The summed E-state index contributed by atoms with van der Waals surface area (Å²) in [4.78, 5) is 11.0. The molecule has 5 nitrogen and oxygen atoms in total. The van der Waals surface area contributed by atoms with E-state index in [0.29, 0.717) is 11.4 Å². The summed E-state index contributed by atoms with van der Waals surface area (Å²) in [5.41, 5.74) is 2.66. The summed E-state index contributed by atoms with van der Waals surface area (Å²) in [6.07, 6.45) is 0. The second-order valence-electron chi connectivity index (χ2n) is 4.32. The Balaban J connectivity index is 2.24. The van der Waals surface area contributed by atoms with Crippen molar-refractivity contribution in [3.63, 3.8) is 0 Å². The standard InChI is InChI=1S/C15H12N2O3/c1-20-14-8-11(10-5-3-2-4-6-10)7-12-9-13(15(18)19)16-17(12)14/h2-9H,1H3,(H,18,19). The van der Waals surface area contributed by atoms with E-state index in [0.717, 1.165) is 11.1 Å². The van der Waals surface area contributed by atoms with E-state index in [1.165, 1.54) is 17.7 Å². The number of carboxylic acid groups (broad SMARTS) is 1. The monoisotopic (exact) mass is 268 g/mol. The Morgan fingerprint density at radius 2 is 1.90 bits per heavy atom. The van der Waals surface area contributed by atoms with E-state index in [1.54, 1.807) is 0 Å². The molecule has 1 aromatic carbocycles. The molecule has 2 aromatic heterocycles. The third-order valence-corrected chi connectivity index (χ3v) is 3.06. The van der Waals surface area contributed by atoms with Gasteiger partial charge in [-0.15, -0.1) is 0 Å². The molecule has 0 amide bonds. The highest BCUT2D eigenvalue weighted by Crippen LogP contribution is 2.26. The molecule has 1 N–H and O–H groups in total. The molecule has 0 saturated heterocycles. The SMILES string of the molecule is COc1cc(-c2ccccc2)cc2cc(C(=O)O)nn12. The molecule has 20 heavy (non-hydrogen) atoms. The van der Waals surface area contributed by atoms with Gasteiger partial charge in [0.1, 0.15) is 0 Å². The van der Waals surface area contributed by atoms with E-state index in [-0.39, 0.29) is 5.69 Å². The summed E-state index contributed by atoms with van der Waals surface area (Å²) in [5, 5.41) is 13.0. The number of carbonyl (C=O) groups is 1. The van der Waals surface area contributed by atoms with Crippen molar-refractivity contribution < 1.29 is 14.6 Å². The van der Waals surface area contributed by atoms with Gasteiger partial charge in [-0.1, -0.05) is 30.3 Å². The van der Waals surface area contributed by atoms with Gasteiger partial charge in [0.2, 0.25) is 5.88 Å². The number of aromatic carboxylic acids is 1. The molecule has 0 aliphatic carbocycles. The summed E-state index contributed by atoms with van der Waals surface area (Å²) < 4.78 is 6.77. The maximum absolute atomic E-state index is 11.0. The largest absolute Gasteiger partial charge is 0.481 e. The van der Waals surface area contributed by atoms with Gasteiger partial charge in [0, 0.05) is 6.07 Å². The van der Waals surface area contributed by atoms with Crippen molar-refractivity contribution in [2.75, 3.05) is 7.11 Å². The molecule has 3 rings (SSSR count). The van der Waals surface area contributed by atoms with Crippen LogP contribution in [-0.2, 0) is 0 Å². The van der Waals surface area contributed by atoms with Crippen LogP contribution >= 0.6 is 0 Å². The second-order valence-corrected chi connectivity index (χ2v) is 4.32. The van der Waals surface area contributed by atoms with Crippen molar-refractivity contribution >= 4 is 11.5 Å². The summed E-state index contributed by atoms with van der Waals surface area (Å²) >= 11 is 0. The van der Waals surface area contributed by atoms with Crippen LogP contribution in [0, 0.1) is 0 Å². The summed E-state index contributed by atoms with van der Waals surface area (Å²) in [5.74, 6) is -0.564. The van der Waals surface area contributed by atoms with Crippen LogP contribution in [0.5, 0.6) is 5.88 Å². The zero-order chi connectivity index (χ0) is 14.1. The fraction of sp³-hybridized carbons (Fsp3) is 0.0667. The molecule has 3 aromatic rings. The van der Waals surface area contributed by atoms with Gasteiger partial charge < -0.3 is 9.84 Å². The average molecular weight is 268 g/mol. The molecule has 0 bridgehead atoms. The molecule has 2 heterocycles. The highest BCUT2D eigenvalue weighted by atomic mass is 16.5. The first-order chi connectivity index (χ1) is 9.69. The number of rotatable bonds is 3. The number of hydrogen-bond acceptors (Lipinski definition) is 3. The van der Waals surface area contributed by atoms with E-state index in [2.05, 4.69) is 5.10 Å². The summed E-state index contributed by atoms with van der Waals surface area (Å²) in [7, 11) is 1.53. The van der Waals surface area contributed by atoms with E-state index in [9.17, 15) is 4.79 Å². The second kappa shape index (κ2) is 4.70. The Kier molecular flexibility index (Phi) is 2.87. The summed E-state index contributed by atoms with van der Waals surface area (Å²) in [6, 6.07) is 15.1. The van der Waals surface area contributed by atoms with Crippen molar-refractivity contribution in [3.05, 3.63) is 54.2 Å². The number of carboxylic acids is 1. The lowest BCUT2D eigenvalue weighted by molar-refractivity contribution is 0.0690. The molecule has 100 valence electrons. The zero-order valence-corrected chi connectivity index (χ0v) is 10.8. The van der Waals surface area contributed by atoms with Crippen molar-refractivity contribution in [3.8, 4) is 17.0 Å². The Hall–Kier alpha value is -2.82. The summed E-state index contributed by atoms with van der Waals surface area (Å²) in [6.45, 7) is 0. The van der Waals surface area contributed by atoms with E-state index in [1.807, 2.05) is 42.5 Å². The molecule has 0 aliphatic rings. The predicted octanol–water partition coefficient (Wildman–Crippen LogP) is 2.71. The zero-order valence-electron chi connectivity index (χ0n) is 10.8. The van der Waals surface area contributed by atoms with Gasteiger partial charge in [-0.2, -0.15) is 5.10 Å². The van der Waals surface area contributed by atoms with Crippen molar-refractivity contribution in [1.82, 2.24) is 9.61 Å². The Labute approximate surface area is 115 Å². The maximum atomic E-state index is 11.0. The Bertz CT molecular complexity index is 778. The molecule has 5 heteroatoms. The number of aromatic nitrogens is 2. The van der Waals surface area contributed by atoms with E-state index < -0.39 is 5.97 Å². The third-order valence-electron chi connectivity index (χ3n) is 3.06. The van der Waals surface area contributed by atoms with Crippen molar-refractivity contribution in [2.45, 2.75) is 0 Å². The minimum Gasteiger partial charge on any atom is -0.481 e. The van der Waals surface area contributed by atoms with Crippen LogP contribution in [0.25, 0.3) is 16.6 Å². The number of nitrogens with zero attached hydrogens (tertiary/aromatic N) is 2. The fourth-order valence-corrected chi connectivity index (χ4v) is 2.12. The minimum atomic E-state index is -1.06. The smallest absolute Gasteiger partial charge is 0.356 e. The van der Waals surface area contributed by atoms with E-state index in [4.69, 9.17) is 9.84 Å². The van der Waals surface area contributed by atoms with Crippen LogP contribution in [0.4, 0.5) is 0 Å². The number of benzene rings is 1. The molecule has 0 radical (unpaired) electrons. The quantitative estimate of drug-likeness (QED) is 0.793. The number of pyridine rings is 1. The Morgan fingerprint density at radius 3 is 2.55 bits per heavy atom. The lowest BCUT2D eigenvalue weighted by Gasteiger charge is -2.07. The van der Waals surface area contributed by atoms with Crippen LogP contribution in [0.1, 0.15) is 10.5 Å². The van der Waals surface area contributed by atoms with Crippen LogP contribution in [0.15, 0.2) is 48.5 Å². The Morgan fingerprint density at radius 1 is 1.15 bits per heavy atom. The highest BCUT2D eigenvalue weighted by Gasteiger charge is 2.13. The van der Waals surface area contributed by atoms with E-state index >= 15 is 0 Å². The molecule has 0 saturated carbocycles. The lowest BCUT2D eigenvalue weighted by atomic mass is 10.1. The van der Waals surface area contributed by atoms with Gasteiger partial charge in [-0.05, 0) is 23.3 Å². The normalized spacial score (nSPS) is 10.7. The van der Waals surface area contributed by atoms with Crippen LogP contribution in [0.2, 0.25) is 0 Å². The molecule has 0 aliphatic heterocycles. The first-order valence-electron chi connectivity index (χ1n) is 6.05. The van der Waals surface area contributed by atoms with Gasteiger partial charge in [-0.3, -0.25) is 0 Å². The van der Waals surface area contributed by atoms with Gasteiger partial charge in [0.15, 0.2) is 5.69 Å². The van der Waals surface area contributed by atoms with Gasteiger partial charge in [0.05, 0.1) is 12.6 Å². The van der Waals surface area contributed by atoms with Gasteiger partial charge >= 0.3 is 5.97 Å². The minimum absolute atomic E-state index is 0.00601. The number of fused-ring (bicyclic) bond motifs is 1. The van der Waals surface area contributed by atoms with Crippen LogP contribution in [-0.4, -0.2) is 27.8 Å². The molecule has 0 atom stereocenters. The first-order valence-corrected chi connectivity index (χ1v) is 6.05. The molecular weight excluding hydrogens is 256 g/mol. The van der Waals surface area contributed by atoms with Crippen LogP contribution in [0.3, 0.4) is 0 Å². The maximum Gasteiger partial charge on any atom is 0.356 e. The topological polar surface area (TPSA) is 63.8 Å². The molecule has 0 fully saturated rings.